The average molecular weight is 338 g/mol. The highest BCUT2D eigenvalue weighted by Crippen LogP contribution is 2.23. The maximum Gasteiger partial charge on any atom is 0.258 e. The molecular weight excluding hydrogens is 312 g/mol. The van der Waals surface area contributed by atoms with Crippen molar-refractivity contribution in [1.29, 1.82) is 0 Å². The molecule has 7 heteroatoms. The summed E-state index contributed by atoms with van der Waals surface area (Å²) in [6.07, 6.45) is 5.27. The quantitative estimate of drug-likeness (QED) is 0.860. The molecule has 2 amide bonds. The molecule has 0 radical (unpaired) electrons. The lowest BCUT2D eigenvalue weighted by molar-refractivity contribution is -0.125. The lowest BCUT2D eigenvalue weighted by atomic mass is 10.0. The van der Waals surface area contributed by atoms with Gasteiger partial charge >= 0.3 is 0 Å². The minimum Gasteiger partial charge on any atom is -0.352 e. The first-order valence-corrected chi connectivity index (χ1v) is 9.21. The first kappa shape index (κ1) is 17.8. The van der Waals surface area contributed by atoms with E-state index >= 15 is 0 Å². The number of hydrogen-bond acceptors (Lipinski definition) is 4. The summed E-state index contributed by atoms with van der Waals surface area (Å²) in [6, 6.07) is -0.264. The molecule has 0 unspecified atom stereocenters. The van der Waals surface area contributed by atoms with E-state index in [1.165, 1.54) is 0 Å². The van der Waals surface area contributed by atoms with Gasteiger partial charge in [-0.05, 0) is 25.7 Å². The Morgan fingerprint density at radius 3 is 2.74 bits per heavy atom. The molecule has 0 saturated carbocycles. The lowest BCUT2D eigenvalue weighted by Crippen LogP contribution is -2.49. The van der Waals surface area contributed by atoms with Gasteiger partial charge in [-0.15, -0.1) is 11.8 Å². The van der Waals surface area contributed by atoms with Crippen LogP contribution in [-0.2, 0) is 11.8 Å². The van der Waals surface area contributed by atoms with E-state index in [0.29, 0.717) is 23.1 Å². The van der Waals surface area contributed by atoms with E-state index in [0.717, 1.165) is 12.8 Å². The van der Waals surface area contributed by atoms with Gasteiger partial charge in [0.25, 0.3) is 5.91 Å². The molecule has 2 heterocycles. The van der Waals surface area contributed by atoms with Gasteiger partial charge in [0.05, 0.1) is 17.6 Å². The first-order chi connectivity index (χ1) is 10.9. The monoisotopic (exact) mass is 338 g/mol. The summed E-state index contributed by atoms with van der Waals surface area (Å²) in [6.45, 7) is 6.38. The van der Waals surface area contributed by atoms with E-state index in [2.05, 4.69) is 24.3 Å². The van der Waals surface area contributed by atoms with Crippen molar-refractivity contribution < 1.29 is 9.59 Å². The van der Waals surface area contributed by atoms with E-state index in [1.54, 1.807) is 40.8 Å². The number of aromatic nitrogens is 2. The molecule has 1 fully saturated rings. The molecule has 128 valence electrons. The molecule has 1 saturated heterocycles. The second-order valence-electron chi connectivity index (χ2n) is 6.57. The summed E-state index contributed by atoms with van der Waals surface area (Å²) in [4.78, 5) is 26.7. The minimum atomic E-state index is -0.394. The molecule has 1 aliphatic heterocycles. The van der Waals surface area contributed by atoms with Crippen molar-refractivity contribution in [3.05, 3.63) is 18.0 Å². The number of amides is 2. The van der Waals surface area contributed by atoms with Crippen LogP contribution in [0.4, 0.5) is 0 Å². The van der Waals surface area contributed by atoms with Crippen molar-refractivity contribution in [3.63, 3.8) is 0 Å². The van der Waals surface area contributed by atoms with Gasteiger partial charge in [0.1, 0.15) is 6.04 Å². The topological polar surface area (TPSA) is 67.2 Å². The molecule has 0 aliphatic carbocycles. The summed E-state index contributed by atoms with van der Waals surface area (Å²) < 4.78 is 1.60. The van der Waals surface area contributed by atoms with Gasteiger partial charge in [0.2, 0.25) is 5.91 Å². The summed E-state index contributed by atoms with van der Waals surface area (Å²) in [5.41, 5.74) is 0.528. The molecule has 2 atom stereocenters. The Morgan fingerprint density at radius 1 is 1.39 bits per heavy atom. The molecule has 2 rings (SSSR count). The lowest BCUT2D eigenvalue weighted by Gasteiger charge is -2.24. The number of aryl methyl sites for hydroxylation is 1. The molecule has 1 aliphatic rings. The molecule has 1 aromatic rings. The maximum atomic E-state index is 12.6. The number of carbonyl (C=O) groups is 2. The second kappa shape index (κ2) is 7.86. The van der Waals surface area contributed by atoms with Gasteiger partial charge in [0, 0.05) is 25.0 Å². The van der Waals surface area contributed by atoms with E-state index in [1.807, 2.05) is 6.92 Å². The summed E-state index contributed by atoms with van der Waals surface area (Å²) in [5, 5.41) is 7.08. The zero-order valence-electron chi connectivity index (χ0n) is 14.3. The van der Waals surface area contributed by atoms with Crippen LogP contribution in [0.5, 0.6) is 0 Å². The van der Waals surface area contributed by atoms with Crippen LogP contribution in [0.3, 0.4) is 0 Å². The smallest absolute Gasteiger partial charge is 0.258 e. The van der Waals surface area contributed by atoms with Crippen molar-refractivity contribution in [1.82, 2.24) is 20.0 Å². The summed E-state index contributed by atoms with van der Waals surface area (Å²) in [5.74, 6) is 1.64. The van der Waals surface area contributed by atoms with E-state index in [4.69, 9.17) is 0 Å². The molecule has 23 heavy (non-hydrogen) atoms. The molecule has 6 nitrogen and oxygen atoms in total. The van der Waals surface area contributed by atoms with Crippen LogP contribution in [0.15, 0.2) is 12.4 Å². The number of hydrogen-bond donors (Lipinski definition) is 1. The number of thioether (sulfide) groups is 1. The third kappa shape index (κ3) is 4.73. The molecule has 0 spiro atoms. The van der Waals surface area contributed by atoms with Gasteiger partial charge in [0.15, 0.2) is 0 Å². The van der Waals surface area contributed by atoms with Crippen LogP contribution in [0.2, 0.25) is 0 Å². The summed E-state index contributed by atoms with van der Waals surface area (Å²) in [7, 11) is 1.77. The molecule has 0 bridgehead atoms. The van der Waals surface area contributed by atoms with E-state index < -0.39 is 6.04 Å². The highest BCUT2D eigenvalue weighted by molar-refractivity contribution is 7.99. The Morgan fingerprint density at radius 2 is 2.13 bits per heavy atom. The molecular formula is C16H26N4O2S. The number of carbonyl (C=O) groups excluding carboxylic acids is 2. The van der Waals surface area contributed by atoms with Gasteiger partial charge in [-0.3, -0.25) is 14.3 Å². The van der Waals surface area contributed by atoms with Crippen LogP contribution in [-0.4, -0.2) is 50.2 Å². The van der Waals surface area contributed by atoms with Crippen LogP contribution >= 0.6 is 11.8 Å². The van der Waals surface area contributed by atoms with Crippen LogP contribution in [0.25, 0.3) is 0 Å². The fraction of sp³-hybridized carbons (Fsp3) is 0.688. The van der Waals surface area contributed by atoms with Crippen LogP contribution in [0.1, 0.15) is 44.0 Å². The third-order valence-corrected chi connectivity index (χ3v) is 4.98. The second-order valence-corrected chi connectivity index (χ2v) is 7.57. The number of rotatable bonds is 6. The standard InChI is InChI=1S/C16H26N4O2S/c1-11(2)5-6-12(3)18-15(21)14-9-23-10-20(14)16(22)13-7-17-19(4)8-13/h7-8,11-12,14H,5-6,9-10H2,1-4H3,(H,18,21)/t12-,14-/m1/s1. The predicted molar refractivity (Wildman–Crippen MR) is 92.2 cm³/mol. The average Bonchev–Trinajstić information content (AvgIpc) is 3.13. The fourth-order valence-electron chi connectivity index (χ4n) is 2.55. The van der Waals surface area contributed by atoms with Crippen LogP contribution < -0.4 is 5.32 Å². The molecule has 1 aromatic heterocycles. The first-order valence-electron chi connectivity index (χ1n) is 8.06. The van der Waals surface area contributed by atoms with Crippen LogP contribution in [0, 0.1) is 5.92 Å². The zero-order valence-corrected chi connectivity index (χ0v) is 15.1. The Bertz CT molecular complexity index is 558. The van der Waals surface area contributed by atoms with Gasteiger partial charge in [-0.2, -0.15) is 5.10 Å². The third-order valence-electron chi connectivity index (χ3n) is 3.96. The predicted octanol–water partition coefficient (Wildman–Crippen LogP) is 1.88. The highest BCUT2D eigenvalue weighted by Gasteiger charge is 2.35. The normalized spacial score (nSPS) is 19.2. The Balaban J connectivity index is 1.95. The Hall–Kier alpha value is -1.50. The Kier molecular flexibility index (Phi) is 6.10. The van der Waals surface area contributed by atoms with Crippen molar-refractivity contribution in [2.24, 2.45) is 13.0 Å². The van der Waals surface area contributed by atoms with E-state index in [9.17, 15) is 9.59 Å². The SMILES string of the molecule is CC(C)CC[C@@H](C)NC(=O)[C@H]1CSCN1C(=O)c1cnn(C)c1. The Labute approximate surface area is 142 Å². The number of nitrogens with zero attached hydrogens (tertiary/aromatic N) is 3. The number of nitrogens with one attached hydrogen (secondary N) is 1. The minimum absolute atomic E-state index is 0.0523. The van der Waals surface area contributed by atoms with Gasteiger partial charge < -0.3 is 10.2 Å². The van der Waals surface area contributed by atoms with E-state index in [-0.39, 0.29) is 17.9 Å². The van der Waals surface area contributed by atoms with Gasteiger partial charge in [-0.25, -0.2) is 0 Å². The fourth-order valence-corrected chi connectivity index (χ4v) is 3.71. The van der Waals surface area contributed by atoms with Gasteiger partial charge in [-0.1, -0.05) is 13.8 Å². The van der Waals surface area contributed by atoms with Crippen molar-refractivity contribution in [3.8, 4) is 0 Å². The highest BCUT2D eigenvalue weighted by atomic mass is 32.2. The largest absolute Gasteiger partial charge is 0.352 e. The van der Waals surface area contributed by atoms with Crippen molar-refractivity contribution >= 4 is 23.6 Å². The zero-order chi connectivity index (χ0) is 17.0. The van der Waals surface area contributed by atoms with Crippen molar-refractivity contribution in [2.75, 3.05) is 11.6 Å². The van der Waals surface area contributed by atoms with Crippen molar-refractivity contribution in [2.45, 2.75) is 45.7 Å². The molecule has 0 aromatic carbocycles. The molecule has 1 N–H and O–H groups in total. The summed E-state index contributed by atoms with van der Waals surface area (Å²) >= 11 is 1.61. The maximum absolute atomic E-state index is 12.6.